The maximum atomic E-state index is 13.0. The van der Waals surface area contributed by atoms with Crippen LogP contribution in [0.1, 0.15) is 56.7 Å². The molecule has 1 N–H and O–H groups in total. The van der Waals surface area contributed by atoms with Crippen LogP contribution < -0.4 is 5.32 Å². The van der Waals surface area contributed by atoms with Gasteiger partial charge in [0.05, 0.1) is 12.1 Å². The fourth-order valence-corrected chi connectivity index (χ4v) is 3.76. The second-order valence-corrected chi connectivity index (χ2v) is 6.44. The van der Waals surface area contributed by atoms with Crippen LogP contribution in [0.15, 0.2) is 18.3 Å². The molecule has 2 aliphatic heterocycles. The summed E-state index contributed by atoms with van der Waals surface area (Å²) in [6.07, 6.45) is 10.1. The normalized spacial score (nSPS) is 27.4. The molecule has 2 aliphatic rings. The Kier molecular flexibility index (Phi) is 4.63. The lowest BCUT2D eigenvalue weighted by Gasteiger charge is -2.35. The highest BCUT2D eigenvalue weighted by Crippen LogP contribution is 2.31. The Balaban J connectivity index is 1.81. The van der Waals surface area contributed by atoms with E-state index >= 15 is 0 Å². The summed E-state index contributed by atoms with van der Waals surface area (Å²) in [5.74, 6) is 0.322. The Bertz CT molecular complexity index is 476. The van der Waals surface area contributed by atoms with Gasteiger partial charge in [-0.25, -0.2) is 0 Å². The molecule has 21 heavy (non-hydrogen) atoms. The number of aryl methyl sites for hydroxylation is 1. The first-order valence-corrected chi connectivity index (χ1v) is 8.42. The molecule has 4 heteroatoms. The third kappa shape index (κ3) is 3.15. The van der Waals surface area contributed by atoms with Gasteiger partial charge in [0.15, 0.2) is 0 Å². The van der Waals surface area contributed by atoms with Crippen molar-refractivity contribution in [3.8, 4) is 0 Å². The van der Waals surface area contributed by atoms with Gasteiger partial charge in [0.1, 0.15) is 0 Å². The van der Waals surface area contributed by atoms with Crippen LogP contribution >= 0.6 is 0 Å². The van der Waals surface area contributed by atoms with Gasteiger partial charge in [0.2, 0.25) is 5.91 Å². The molecule has 3 rings (SSSR count). The second-order valence-electron chi connectivity index (χ2n) is 6.44. The number of likely N-dealkylation sites (tertiary alicyclic amines) is 1. The molecule has 1 aromatic heterocycles. The minimum atomic E-state index is 0.0413. The van der Waals surface area contributed by atoms with E-state index in [1.54, 1.807) is 0 Å². The minimum absolute atomic E-state index is 0.0413. The number of rotatable bonds is 2. The molecule has 1 unspecified atom stereocenters. The largest absolute Gasteiger partial charge is 0.353 e. The summed E-state index contributed by atoms with van der Waals surface area (Å²) >= 11 is 0. The number of carbonyl (C=O) groups is 1. The van der Waals surface area contributed by atoms with E-state index in [0.29, 0.717) is 5.91 Å². The molecule has 2 atom stereocenters. The van der Waals surface area contributed by atoms with Gasteiger partial charge < -0.3 is 14.8 Å². The highest BCUT2D eigenvalue weighted by atomic mass is 16.2. The summed E-state index contributed by atoms with van der Waals surface area (Å²) < 4.78 is 2.17. The molecule has 2 fully saturated rings. The van der Waals surface area contributed by atoms with Gasteiger partial charge in [-0.1, -0.05) is 19.3 Å². The van der Waals surface area contributed by atoms with Gasteiger partial charge in [-0.2, -0.15) is 0 Å². The van der Waals surface area contributed by atoms with E-state index < -0.39 is 0 Å². The molecular weight excluding hydrogens is 262 g/mol. The first-order valence-electron chi connectivity index (χ1n) is 8.42. The predicted octanol–water partition coefficient (Wildman–Crippen LogP) is 2.61. The average molecular weight is 289 g/mol. The summed E-state index contributed by atoms with van der Waals surface area (Å²) in [7, 11) is 2.09. The Morgan fingerprint density at radius 1 is 1.19 bits per heavy atom. The Morgan fingerprint density at radius 3 is 2.76 bits per heavy atom. The van der Waals surface area contributed by atoms with Crippen LogP contribution in [0.2, 0.25) is 0 Å². The van der Waals surface area contributed by atoms with Gasteiger partial charge in [0, 0.05) is 25.5 Å². The molecule has 116 valence electrons. The molecule has 3 heterocycles. The molecule has 0 aromatic carbocycles. The lowest BCUT2D eigenvalue weighted by molar-refractivity contribution is -0.136. The molecule has 2 saturated heterocycles. The number of aromatic nitrogens is 1. The molecule has 0 radical (unpaired) electrons. The smallest absolute Gasteiger partial charge is 0.240 e. The first kappa shape index (κ1) is 14.6. The van der Waals surface area contributed by atoms with Crippen LogP contribution in [-0.4, -0.2) is 34.5 Å². The predicted molar refractivity (Wildman–Crippen MR) is 84.0 cm³/mol. The van der Waals surface area contributed by atoms with Crippen molar-refractivity contribution >= 4 is 5.91 Å². The lowest BCUT2D eigenvalue weighted by Crippen LogP contribution is -2.49. The van der Waals surface area contributed by atoms with E-state index in [1.807, 2.05) is 0 Å². The molecular formula is C17H27N3O. The van der Waals surface area contributed by atoms with Crippen LogP contribution in [0.25, 0.3) is 0 Å². The molecule has 4 nitrogen and oxygen atoms in total. The number of amides is 1. The van der Waals surface area contributed by atoms with Gasteiger partial charge >= 0.3 is 0 Å². The van der Waals surface area contributed by atoms with Crippen LogP contribution in [-0.2, 0) is 11.8 Å². The number of carbonyl (C=O) groups excluding carboxylic acids is 1. The molecule has 1 amide bonds. The monoisotopic (exact) mass is 289 g/mol. The second kappa shape index (κ2) is 6.65. The minimum Gasteiger partial charge on any atom is -0.353 e. The molecule has 1 aromatic rings. The number of piperidine rings is 1. The Labute approximate surface area is 127 Å². The zero-order valence-electron chi connectivity index (χ0n) is 13.1. The third-order valence-corrected chi connectivity index (χ3v) is 4.97. The van der Waals surface area contributed by atoms with Gasteiger partial charge in [-0.3, -0.25) is 4.79 Å². The van der Waals surface area contributed by atoms with Crippen molar-refractivity contribution in [3.05, 3.63) is 24.0 Å². The SMILES string of the molecule is Cn1cccc1C1CCCCCN1C(=O)[C@@H]1CCCCN1. The summed E-state index contributed by atoms with van der Waals surface area (Å²) in [6.45, 7) is 1.89. The van der Waals surface area contributed by atoms with Gasteiger partial charge in [-0.05, 0) is 44.4 Å². The van der Waals surface area contributed by atoms with Crippen LogP contribution in [0, 0.1) is 0 Å². The zero-order valence-corrected chi connectivity index (χ0v) is 13.1. The summed E-state index contributed by atoms with van der Waals surface area (Å²) in [6, 6.07) is 4.55. The highest BCUT2D eigenvalue weighted by molar-refractivity contribution is 5.82. The number of nitrogens with one attached hydrogen (secondary N) is 1. The van der Waals surface area contributed by atoms with Crippen molar-refractivity contribution in [3.63, 3.8) is 0 Å². The maximum Gasteiger partial charge on any atom is 0.240 e. The molecule has 0 aliphatic carbocycles. The van der Waals surface area contributed by atoms with E-state index in [9.17, 15) is 4.79 Å². The van der Waals surface area contributed by atoms with Crippen LogP contribution in [0.4, 0.5) is 0 Å². The van der Waals surface area contributed by atoms with Crippen molar-refractivity contribution in [1.29, 1.82) is 0 Å². The first-order chi connectivity index (χ1) is 10.3. The van der Waals surface area contributed by atoms with E-state index in [1.165, 1.54) is 31.4 Å². The van der Waals surface area contributed by atoms with Gasteiger partial charge in [0.25, 0.3) is 0 Å². The van der Waals surface area contributed by atoms with E-state index in [0.717, 1.165) is 32.4 Å². The third-order valence-electron chi connectivity index (χ3n) is 4.97. The lowest BCUT2D eigenvalue weighted by atomic mass is 10.0. The summed E-state index contributed by atoms with van der Waals surface area (Å²) in [4.78, 5) is 15.1. The fraction of sp³-hybridized carbons (Fsp3) is 0.706. The molecule has 0 spiro atoms. The van der Waals surface area contributed by atoms with Crippen molar-refractivity contribution in [1.82, 2.24) is 14.8 Å². The topological polar surface area (TPSA) is 37.3 Å². The van der Waals surface area contributed by atoms with E-state index in [2.05, 4.69) is 40.2 Å². The fourth-order valence-electron chi connectivity index (χ4n) is 3.76. The number of hydrogen-bond donors (Lipinski definition) is 1. The van der Waals surface area contributed by atoms with Crippen LogP contribution in [0.3, 0.4) is 0 Å². The van der Waals surface area contributed by atoms with Crippen molar-refractivity contribution in [2.75, 3.05) is 13.1 Å². The summed E-state index contributed by atoms with van der Waals surface area (Å²) in [5, 5.41) is 3.42. The van der Waals surface area contributed by atoms with Crippen LogP contribution in [0.5, 0.6) is 0 Å². The van der Waals surface area contributed by atoms with Crippen molar-refractivity contribution < 1.29 is 4.79 Å². The number of nitrogens with zero attached hydrogens (tertiary/aromatic N) is 2. The van der Waals surface area contributed by atoms with Gasteiger partial charge in [-0.15, -0.1) is 0 Å². The van der Waals surface area contributed by atoms with E-state index in [4.69, 9.17) is 0 Å². The summed E-state index contributed by atoms with van der Waals surface area (Å²) in [5.41, 5.74) is 1.28. The van der Waals surface area contributed by atoms with E-state index in [-0.39, 0.29) is 12.1 Å². The number of hydrogen-bond acceptors (Lipinski definition) is 2. The van der Waals surface area contributed by atoms with Crippen molar-refractivity contribution in [2.45, 2.75) is 57.0 Å². The highest BCUT2D eigenvalue weighted by Gasteiger charge is 2.32. The maximum absolute atomic E-state index is 13.0. The average Bonchev–Trinajstić information content (AvgIpc) is 2.80. The zero-order chi connectivity index (χ0) is 14.7. The standard InChI is InChI=1S/C17H27N3O/c1-19-12-7-10-15(19)16-9-3-2-6-13-20(16)17(21)14-8-4-5-11-18-14/h7,10,12,14,16,18H,2-6,8-9,11,13H2,1H3/t14-,16?/m0/s1. The quantitative estimate of drug-likeness (QED) is 0.908. The molecule has 0 saturated carbocycles. The Morgan fingerprint density at radius 2 is 2.05 bits per heavy atom. The molecule has 0 bridgehead atoms. The van der Waals surface area contributed by atoms with Crippen molar-refractivity contribution in [2.24, 2.45) is 7.05 Å². The Hall–Kier alpha value is -1.29.